The molecule has 1 unspecified atom stereocenters. The van der Waals surface area contributed by atoms with E-state index >= 15 is 0 Å². The van der Waals surface area contributed by atoms with Crippen LogP contribution in [0.3, 0.4) is 0 Å². The highest BCUT2D eigenvalue weighted by Crippen LogP contribution is 2.12. The van der Waals surface area contributed by atoms with Gasteiger partial charge in [0.05, 0.1) is 0 Å². The summed E-state index contributed by atoms with van der Waals surface area (Å²) < 4.78 is 0. The summed E-state index contributed by atoms with van der Waals surface area (Å²) in [4.78, 5) is 0. The Bertz CT molecular complexity index is 523. The fourth-order valence-corrected chi connectivity index (χ4v) is 2.32. The molecular weight excluding hydrogens is 277 g/mol. The van der Waals surface area contributed by atoms with Gasteiger partial charge in [-0.05, 0) is 48.7 Å². The first-order chi connectivity index (χ1) is 9.13. The van der Waals surface area contributed by atoms with E-state index in [1.54, 1.807) is 0 Å². The van der Waals surface area contributed by atoms with Crippen molar-refractivity contribution in [1.29, 1.82) is 0 Å². The lowest BCUT2D eigenvalue weighted by Crippen LogP contribution is -2.27. The number of hydrogen-bond acceptors (Lipinski definition) is 1. The second-order valence-corrected chi connectivity index (χ2v) is 5.62. The first-order valence-corrected chi connectivity index (χ1v) is 7.11. The van der Waals surface area contributed by atoms with Crippen molar-refractivity contribution < 1.29 is 0 Å². The Hall–Kier alpha value is -1.02. The van der Waals surface area contributed by atoms with E-state index in [-0.39, 0.29) is 0 Å². The molecule has 0 bridgehead atoms. The van der Waals surface area contributed by atoms with E-state index in [0.29, 0.717) is 6.04 Å². The molecular formula is C16H17Cl2N. The van der Waals surface area contributed by atoms with Crippen molar-refractivity contribution in [3.05, 3.63) is 69.7 Å². The zero-order valence-corrected chi connectivity index (χ0v) is 12.4. The van der Waals surface area contributed by atoms with Crippen LogP contribution in [0.15, 0.2) is 48.5 Å². The molecule has 1 N–H and O–H groups in total. The van der Waals surface area contributed by atoms with Crippen LogP contribution < -0.4 is 5.32 Å². The maximum Gasteiger partial charge on any atom is 0.0409 e. The minimum absolute atomic E-state index is 0.403. The Morgan fingerprint density at radius 3 is 2.37 bits per heavy atom. The van der Waals surface area contributed by atoms with Gasteiger partial charge < -0.3 is 5.32 Å². The number of hydrogen-bond donors (Lipinski definition) is 1. The summed E-state index contributed by atoms with van der Waals surface area (Å²) in [5.41, 5.74) is 2.49. The topological polar surface area (TPSA) is 12.0 Å². The highest BCUT2D eigenvalue weighted by Gasteiger charge is 2.03. The summed E-state index contributed by atoms with van der Waals surface area (Å²) in [5.74, 6) is 0. The molecule has 0 saturated heterocycles. The molecule has 1 nitrogen and oxygen atoms in total. The predicted octanol–water partition coefficient (Wildman–Crippen LogP) is 4.71. The lowest BCUT2D eigenvalue weighted by molar-refractivity contribution is 0.545. The van der Waals surface area contributed by atoms with Crippen molar-refractivity contribution >= 4 is 23.2 Å². The van der Waals surface area contributed by atoms with E-state index in [1.807, 2.05) is 30.3 Å². The fraction of sp³-hybridized carbons (Fsp3) is 0.250. The van der Waals surface area contributed by atoms with Crippen molar-refractivity contribution in [2.24, 2.45) is 0 Å². The minimum atomic E-state index is 0.403. The molecule has 2 rings (SSSR count). The van der Waals surface area contributed by atoms with Crippen molar-refractivity contribution in [3.8, 4) is 0 Å². The largest absolute Gasteiger partial charge is 0.310 e. The molecule has 100 valence electrons. The maximum absolute atomic E-state index is 5.96. The molecule has 0 radical (unpaired) electrons. The molecule has 2 aromatic carbocycles. The Balaban J connectivity index is 1.84. The predicted molar refractivity (Wildman–Crippen MR) is 82.9 cm³/mol. The standard InChI is InChI=1S/C16H17Cl2N/c1-12(9-13-5-7-15(17)8-6-13)19-11-14-3-2-4-16(18)10-14/h2-8,10,12,19H,9,11H2,1H3. The summed E-state index contributed by atoms with van der Waals surface area (Å²) in [5, 5.41) is 5.06. The lowest BCUT2D eigenvalue weighted by atomic mass is 10.1. The van der Waals surface area contributed by atoms with E-state index in [9.17, 15) is 0 Å². The number of nitrogens with one attached hydrogen (secondary N) is 1. The minimum Gasteiger partial charge on any atom is -0.310 e. The van der Waals surface area contributed by atoms with Gasteiger partial charge in [0.2, 0.25) is 0 Å². The second kappa shape index (κ2) is 6.95. The van der Waals surface area contributed by atoms with Gasteiger partial charge >= 0.3 is 0 Å². The lowest BCUT2D eigenvalue weighted by Gasteiger charge is -2.14. The third-order valence-corrected chi connectivity index (χ3v) is 3.49. The average Bonchev–Trinajstić information content (AvgIpc) is 2.39. The molecule has 0 aliphatic rings. The molecule has 0 aliphatic heterocycles. The highest BCUT2D eigenvalue weighted by atomic mass is 35.5. The summed E-state index contributed by atoms with van der Waals surface area (Å²) >= 11 is 11.8. The van der Waals surface area contributed by atoms with E-state index in [2.05, 4.69) is 30.4 Å². The van der Waals surface area contributed by atoms with Gasteiger partial charge in [0.15, 0.2) is 0 Å². The van der Waals surface area contributed by atoms with Crippen LogP contribution in [0.5, 0.6) is 0 Å². The summed E-state index contributed by atoms with van der Waals surface area (Å²) in [6, 6.07) is 16.3. The van der Waals surface area contributed by atoms with Gasteiger partial charge in [-0.15, -0.1) is 0 Å². The van der Waals surface area contributed by atoms with Gasteiger partial charge in [-0.2, -0.15) is 0 Å². The smallest absolute Gasteiger partial charge is 0.0409 e. The molecule has 2 aromatic rings. The van der Waals surface area contributed by atoms with Crippen molar-refractivity contribution in [2.45, 2.75) is 25.9 Å². The molecule has 0 fully saturated rings. The monoisotopic (exact) mass is 293 g/mol. The van der Waals surface area contributed by atoms with Crippen molar-refractivity contribution in [2.75, 3.05) is 0 Å². The number of rotatable bonds is 5. The molecule has 19 heavy (non-hydrogen) atoms. The van der Waals surface area contributed by atoms with Crippen LogP contribution in [0, 0.1) is 0 Å². The van der Waals surface area contributed by atoms with Crippen LogP contribution in [-0.2, 0) is 13.0 Å². The molecule has 0 spiro atoms. The molecule has 0 aliphatic carbocycles. The van der Waals surface area contributed by atoms with Gasteiger partial charge in [0.1, 0.15) is 0 Å². The normalized spacial score (nSPS) is 12.4. The first kappa shape index (κ1) is 14.4. The van der Waals surface area contributed by atoms with Crippen LogP contribution in [0.1, 0.15) is 18.1 Å². The zero-order chi connectivity index (χ0) is 13.7. The van der Waals surface area contributed by atoms with E-state index < -0.39 is 0 Å². The Kier molecular flexibility index (Phi) is 5.26. The van der Waals surface area contributed by atoms with Gasteiger partial charge in [-0.3, -0.25) is 0 Å². The number of halogens is 2. The van der Waals surface area contributed by atoms with Gasteiger partial charge in [-0.1, -0.05) is 47.5 Å². The van der Waals surface area contributed by atoms with Crippen LogP contribution >= 0.6 is 23.2 Å². The van der Waals surface area contributed by atoms with E-state index in [1.165, 1.54) is 11.1 Å². The fourth-order valence-electron chi connectivity index (χ4n) is 1.99. The SMILES string of the molecule is CC(Cc1ccc(Cl)cc1)NCc1cccc(Cl)c1. The summed E-state index contributed by atoms with van der Waals surface area (Å²) in [6.07, 6.45) is 0.984. The van der Waals surface area contributed by atoms with Gasteiger partial charge in [-0.25, -0.2) is 0 Å². The molecule has 0 amide bonds. The molecule has 1 atom stereocenters. The van der Waals surface area contributed by atoms with E-state index in [0.717, 1.165) is 23.0 Å². The second-order valence-electron chi connectivity index (χ2n) is 4.74. The molecule has 0 saturated carbocycles. The quantitative estimate of drug-likeness (QED) is 0.841. The highest BCUT2D eigenvalue weighted by molar-refractivity contribution is 6.30. The van der Waals surface area contributed by atoms with Gasteiger partial charge in [0, 0.05) is 22.6 Å². The Morgan fingerprint density at radius 1 is 0.947 bits per heavy atom. The zero-order valence-electron chi connectivity index (χ0n) is 10.9. The van der Waals surface area contributed by atoms with Crippen LogP contribution in [-0.4, -0.2) is 6.04 Å². The third kappa shape index (κ3) is 4.87. The van der Waals surface area contributed by atoms with Crippen molar-refractivity contribution in [1.82, 2.24) is 5.32 Å². The molecule has 0 aromatic heterocycles. The Labute approximate surface area is 124 Å². The van der Waals surface area contributed by atoms with Crippen LogP contribution in [0.4, 0.5) is 0 Å². The third-order valence-electron chi connectivity index (χ3n) is 3.00. The van der Waals surface area contributed by atoms with E-state index in [4.69, 9.17) is 23.2 Å². The molecule has 3 heteroatoms. The first-order valence-electron chi connectivity index (χ1n) is 6.36. The summed E-state index contributed by atoms with van der Waals surface area (Å²) in [7, 11) is 0. The average molecular weight is 294 g/mol. The maximum atomic E-state index is 5.96. The number of benzene rings is 2. The molecule has 0 heterocycles. The Morgan fingerprint density at radius 2 is 1.68 bits per heavy atom. The van der Waals surface area contributed by atoms with Gasteiger partial charge in [0.25, 0.3) is 0 Å². The van der Waals surface area contributed by atoms with Crippen LogP contribution in [0.25, 0.3) is 0 Å². The summed E-state index contributed by atoms with van der Waals surface area (Å²) in [6.45, 7) is 3.01. The van der Waals surface area contributed by atoms with Crippen molar-refractivity contribution in [3.63, 3.8) is 0 Å². The van der Waals surface area contributed by atoms with Crippen LogP contribution in [0.2, 0.25) is 10.0 Å².